The zero-order valence-corrected chi connectivity index (χ0v) is 21.2. The first-order valence-electron chi connectivity index (χ1n) is 9.85. The number of carbonyl (C=O) groups is 3. The molecule has 2 aromatic rings. The fourth-order valence-electron chi connectivity index (χ4n) is 3.24. The van der Waals surface area contributed by atoms with Crippen LogP contribution < -0.4 is 4.72 Å². The number of para-hydroxylation sites is 1. The number of nitrogens with zero attached hydrogens (tertiary/aromatic N) is 2. The maximum atomic E-state index is 13.0. The van der Waals surface area contributed by atoms with E-state index in [0.717, 1.165) is 16.4 Å². The summed E-state index contributed by atoms with van der Waals surface area (Å²) >= 11 is 8.67. The molecule has 1 saturated heterocycles. The maximum Gasteiger partial charge on any atom is 0.326 e. The minimum Gasteiger partial charge on any atom is -0.456 e. The van der Waals surface area contributed by atoms with E-state index in [1.165, 1.54) is 11.0 Å². The number of esters is 1. The van der Waals surface area contributed by atoms with Gasteiger partial charge in [-0.05, 0) is 42.6 Å². The van der Waals surface area contributed by atoms with E-state index >= 15 is 0 Å². The number of benzene rings is 2. The Morgan fingerprint density at radius 3 is 2.53 bits per heavy atom. The number of nitro groups is 1. The largest absolute Gasteiger partial charge is 0.456 e. The van der Waals surface area contributed by atoms with Gasteiger partial charge in [0.15, 0.2) is 17.9 Å². The van der Waals surface area contributed by atoms with Crippen molar-refractivity contribution in [2.24, 2.45) is 0 Å². The number of nitro benzene ring substituents is 1. The molecule has 1 fully saturated rings. The van der Waals surface area contributed by atoms with Gasteiger partial charge in [0, 0.05) is 16.1 Å². The number of hydrogen-bond acceptors (Lipinski definition) is 9. The molecule has 178 valence electrons. The maximum absolute atomic E-state index is 13.0. The van der Waals surface area contributed by atoms with Crippen LogP contribution in [-0.2, 0) is 14.3 Å². The van der Waals surface area contributed by atoms with Crippen LogP contribution in [0.1, 0.15) is 17.3 Å². The number of Topliss-reactive ketones (excluding diaryl/α,β-unsaturated/α-hetero) is 1. The molecule has 1 heterocycles. The number of rotatable bonds is 10. The SMILES string of the molecule is C=C(C)C1(NSc2ccccc2[N+](=O)[O-])C(=O)N(CC(=O)OCC(=O)c2ccc(Br)cc2)C1S. The molecular weight excluding hydrogens is 546 g/mol. The summed E-state index contributed by atoms with van der Waals surface area (Å²) in [5, 5.41) is 10.5. The normalized spacial score (nSPS) is 19.3. The van der Waals surface area contributed by atoms with Gasteiger partial charge in [-0.2, -0.15) is 12.6 Å². The first-order valence-corrected chi connectivity index (χ1v) is 12.0. The third-order valence-corrected chi connectivity index (χ3v) is 7.35. The molecule has 12 heteroatoms. The van der Waals surface area contributed by atoms with E-state index in [1.807, 2.05) is 0 Å². The summed E-state index contributed by atoms with van der Waals surface area (Å²) in [6, 6.07) is 12.7. The summed E-state index contributed by atoms with van der Waals surface area (Å²) in [6.45, 7) is 4.62. The van der Waals surface area contributed by atoms with Crippen LogP contribution in [0.2, 0.25) is 0 Å². The number of carbonyl (C=O) groups excluding carboxylic acids is 3. The van der Waals surface area contributed by atoms with E-state index in [4.69, 9.17) is 4.74 Å². The van der Waals surface area contributed by atoms with Crippen molar-refractivity contribution in [2.75, 3.05) is 13.2 Å². The van der Waals surface area contributed by atoms with Crippen LogP contribution >= 0.6 is 40.5 Å². The standard InChI is InChI=1S/C22H20BrN3O6S2/c1-13(2)22(24-34-18-6-4-3-5-16(18)26(30)31)20(29)25(21(22)33)11-19(28)32-12-17(27)14-7-9-15(23)10-8-14/h3-10,21,24,33H,1,11-12H2,2H3. The first kappa shape index (κ1) is 25.9. The number of likely N-dealkylation sites (tertiary alicyclic amines) is 1. The lowest BCUT2D eigenvalue weighted by molar-refractivity contribution is -0.387. The molecule has 0 saturated carbocycles. The molecule has 3 rings (SSSR count). The molecule has 2 unspecified atom stereocenters. The fraction of sp³-hybridized carbons (Fsp3) is 0.227. The molecular formula is C22H20BrN3O6S2. The van der Waals surface area contributed by atoms with E-state index in [-0.39, 0.29) is 11.5 Å². The second-order valence-corrected chi connectivity index (χ2v) is 9.67. The predicted octanol–water partition coefficient (Wildman–Crippen LogP) is 3.79. The fourth-order valence-corrected chi connectivity index (χ4v) is 5.21. The Morgan fingerprint density at radius 2 is 1.94 bits per heavy atom. The Balaban J connectivity index is 1.61. The molecule has 2 aromatic carbocycles. The highest BCUT2D eigenvalue weighted by molar-refractivity contribution is 9.10. The van der Waals surface area contributed by atoms with Crippen LogP contribution in [-0.4, -0.2) is 51.5 Å². The topological polar surface area (TPSA) is 119 Å². The van der Waals surface area contributed by atoms with E-state index in [0.29, 0.717) is 16.0 Å². The molecule has 9 nitrogen and oxygen atoms in total. The molecule has 34 heavy (non-hydrogen) atoms. The minimum atomic E-state index is -1.34. The van der Waals surface area contributed by atoms with Crippen molar-refractivity contribution in [3.63, 3.8) is 0 Å². The van der Waals surface area contributed by atoms with Crippen molar-refractivity contribution in [2.45, 2.75) is 22.7 Å². The lowest BCUT2D eigenvalue weighted by Gasteiger charge is -2.53. The molecule has 0 aromatic heterocycles. The van der Waals surface area contributed by atoms with Gasteiger partial charge in [-0.15, -0.1) is 0 Å². The van der Waals surface area contributed by atoms with Crippen molar-refractivity contribution in [3.8, 4) is 0 Å². The summed E-state index contributed by atoms with van der Waals surface area (Å²) in [5.41, 5.74) is -0.639. The molecule has 1 amide bonds. The Labute approximate surface area is 213 Å². The Bertz CT molecular complexity index is 1160. The van der Waals surface area contributed by atoms with Gasteiger partial charge in [-0.1, -0.05) is 46.8 Å². The van der Waals surface area contributed by atoms with E-state index in [9.17, 15) is 24.5 Å². The molecule has 0 spiro atoms. The summed E-state index contributed by atoms with van der Waals surface area (Å²) in [4.78, 5) is 49.7. The van der Waals surface area contributed by atoms with Crippen LogP contribution in [0.5, 0.6) is 0 Å². The Hall–Kier alpha value is -2.67. The number of ketones is 1. The van der Waals surface area contributed by atoms with E-state index < -0.39 is 40.9 Å². The second kappa shape index (κ2) is 10.7. The Morgan fingerprint density at radius 1 is 1.29 bits per heavy atom. The average molecular weight is 566 g/mol. The van der Waals surface area contributed by atoms with E-state index in [2.05, 4.69) is 39.9 Å². The summed E-state index contributed by atoms with van der Waals surface area (Å²) in [7, 11) is 0. The molecule has 1 N–H and O–H groups in total. The number of hydrogen-bond donors (Lipinski definition) is 2. The zero-order valence-electron chi connectivity index (χ0n) is 17.9. The highest BCUT2D eigenvalue weighted by Gasteiger charge is 2.60. The van der Waals surface area contributed by atoms with Gasteiger partial charge in [-0.25, -0.2) is 4.72 Å². The molecule has 0 radical (unpaired) electrons. The van der Waals surface area contributed by atoms with Gasteiger partial charge in [0.25, 0.3) is 11.6 Å². The van der Waals surface area contributed by atoms with Crippen LogP contribution in [0, 0.1) is 10.1 Å². The van der Waals surface area contributed by atoms with Crippen molar-refractivity contribution < 1.29 is 24.0 Å². The lowest BCUT2D eigenvalue weighted by atomic mass is 9.83. The van der Waals surface area contributed by atoms with Crippen molar-refractivity contribution in [1.29, 1.82) is 0 Å². The van der Waals surface area contributed by atoms with Gasteiger partial charge in [0.05, 0.1) is 4.92 Å². The summed E-state index contributed by atoms with van der Waals surface area (Å²) < 4.78 is 8.81. The molecule has 1 aliphatic heterocycles. The number of halogens is 1. The quantitative estimate of drug-likeness (QED) is 0.0652. The number of thiol groups is 1. The molecule has 1 aliphatic rings. The van der Waals surface area contributed by atoms with E-state index in [1.54, 1.807) is 49.4 Å². The zero-order chi connectivity index (χ0) is 25.0. The monoisotopic (exact) mass is 565 g/mol. The predicted molar refractivity (Wildman–Crippen MR) is 134 cm³/mol. The van der Waals surface area contributed by atoms with Crippen LogP contribution in [0.15, 0.2) is 70.1 Å². The van der Waals surface area contributed by atoms with Gasteiger partial charge >= 0.3 is 5.97 Å². The van der Waals surface area contributed by atoms with Crippen LogP contribution in [0.25, 0.3) is 0 Å². The number of amides is 1. The first-order chi connectivity index (χ1) is 16.1. The van der Waals surface area contributed by atoms with Gasteiger partial charge in [-0.3, -0.25) is 24.5 Å². The average Bonchev–Trinajstić information content (AvgIpc) is 2.81. The highest BCUT2D eigenvalue weighted by Crippen LogP contribution is 2.41. The van der Waals surface area contributed by atoms with Crippen molar-refractivity contribution >= 4 is 63.9 Å². The minimum absolute atomic E-state index is 0.116. The molecule has 2 atom stereocenters. The molecule has 0 bridgehead atoms. The highest BCUT2D eigenvalue weighted by atomic mass is 79.9. The lowest BCUT2D eigenvalue weighted by Crippen LogP contribution is -2.77. The third kappa shape index (κ3) is 5.19. The van der Waals surface area contributed by atoms with Gasteiger partial charge in [0.2, 0.25) is 0 Å². The second-order valence-electron chi connectivity index (χ2n) is 7.41. The third-order valence-electron chi connectivity index (χ3n) is 5.17. The van der Waals surface area contributed by atoms with Crippen molar-refractivity contribution in [1.82, 2.24) is 9.62 Å². The van der Waals surface area contributed by atoms with Crippen LogP contribution in [0.4, 0.5) is 5.69 Å². The Kier molecular flexibility index (Phi) is 8.18. The van der Waals surface area contributed by atoms with Gasteiger partial charge < -0.3 is 9.64 Å². The molecule has 0 aliphatic carbocycles. The van der Waals surface area contributed by atoms with Gasteiger partial charge in [0.1, 0.15) is 16.8 Å². The number of β-lactam (4-membered cyclic amide) rings is 1. The smallest absolute Gasteiger partial charge is 0.326 e. The number of ether oxygens (including phenoxy) is 1. The number of nitrogens with one attached hydrogen (secondary N) is 1. The van der Waals surface area contributed by atoms with Crippen molar-refractivity contribution in [3.05, 3.63) is 80.8 Å². The van der Waals surface area contributed by atoms with Crippen LogP contribution in [0.3, 0.4) is 0 Å². The summed E-state index contributed by atoms with van der Waals surface area (Å²) in [6.07, 6.45) is 0. The summed E-state index contributed by atoms with van der Waals surface area (Å²) in [5.74, 6) is -1.63.